The molecule has 1 N–H and O–H groups in total. The van der Waals surface area contributed by atoms with E-state index in [0.29, 0.717) is 0 Å². The van der Waals surface area contributed by atoms with Crippen LogP contribution < -0.4 is 5.32 Å². The molecule has 0 unspecified atom stereocenters. The third-order valence-corrected chi connectivity index (χ3v) is 9.61. The Hall–Kier alpha value is -4.14. The molecule has 0 aliphatic carbocycles. The number of hydrogen-bond donors (Lipinski definition) is 1. The lowest BCUT2D eigenvalue weighted by atomic mass is 9.84. The fourth-order valence-electron chi connectivity index (χ4n) is 6.17. The second-order valence-corrected chi connectivity index (χ2v) is 14.5. The van der Waals surface area contributed by atoms with E-state index in [1.807, 2.05) is 0 Å². The fourth-order valence-corrected chi connectivity index (χ4v) is 7.04. The predicted octanol–water partition coefficient (Wildman–Crippen LogP) is 12.4. The van der Waals surface area contributed by atoms with E-state index >= 15 is 0 Å². The first-order chi connectivity index (χ1) is 20.1. The standard InChI is InChI=1S/C40H37NS/c1-39(2,3)26-16-19-36(41-37-24-42-38-20-17-27(23-35(37)38)40(4,5)6)33(22-26)25-15-18-32-30-13-8-7-11-28(30)29-12-9-10-14-31(29)34(32)21-25/h7-24,41H,1-6H3. The summed E-state index contributed by atoms with van der Waals surface area (Å²) in [6.45, 7) is 13.7. The summed E-state index contributed by atoms with van der Waals surface area (Å²) in [5.41, 5.74) is 7.59. The maximum absolute atomic E-state index is 3.88. The summed E-state index contributed by atoms with van der Waals surface area (Å²) < 4.78 is 1.31. The monoisotopic (exact) mass is 563 g/mol. The lowest BCUT2D eigenvalue weighted by Gasteiger charge is -2.22. The second-order valence-electron chi connectivity index (χ2n) is 13.6. The van der Waals surface area contributed by atoms with Gasteiger partial charge < -0.3 is 5.32 Å². The van der Waals surface area contributed by atoms with Crippen molar-refractivity contribution < 1.29 is 0 Å². The molecule has 0 bridgehead atoms. The maximum Gasteiger partial charge on any atom is 0.0573 e. The molecule has 0 fully saturated rings. The first kappa shape index (κ1) is 26.7. The molecule has 0 amide bonds. The van der Waals surface area contributed by atoms with Gasteiger partial charge >= 0.3 is 0 Å². The minimum Gasteiger partial charge on any atom is -0.354 e. The predicted molar refractivity (Wildman–Crippen MR) is 187 cm³/mol. The van der Waals surface area contributed by atoms with E-state index in [-0.39, 0.29) is 10.8 Å². The normalized spacial score (nSPS) is 12.5. The van der Waals surface area contributed by atoms with Crippen molar-refractivity contribution in [2.24, 2.45) is 0 Å². The van der Waals surface area contributed by atoms with Gasteiger partial charge in [0.05, 0.1) is 5.69 Å². The second kappa shape index (κ2) is 9.71. The molecule has 1 heterocycles. The lowest BCUT2D eigenvalue weighted by molar-refractivity contribution is 0.590. The Kier molecular flexibility index (Phi) is 6.18. The number of rotatable bonds is 3. The number of fused-ring (bicyclic) bond motifs is 7. The molecule has 0 aliphatic heterocycles. The van der Waals surface area contributed by atoms with Gasteiger partial charge in [-0.3, -0.25) is 0 Å². The highest BCUT2D eigenvalue weighted by molar-refractivity contribution is 7.17. The molecule has 0 spiro atoms. The van der Waals surface area contributed by atoms with E-state index in [1.165, 1.54) is 70.3 Å². The molecule has 6 aromatic carbocycles. The average Bonchev–Trinajstić information content (AvgIpc) is 3.38. The van der Waals surface area contributed by atoms with Crippen LogP contribution in [0.1, 0.15) is 52.7 Å². The molecule has 2 heteroatoms. The molecule has 0 aliphatic rings. The van der Waals surface area contributed by atoms with Crippen LogP contribution in [-0.2, 0) is 10.8 Å². The zero-order chi connectivity index (χ0) is 29.2. The molecule has 0 radical (unpaired) electrons. The smallest absolute Gasteiger partial charge is 0.0573 e. The van der Waals surface area contributed by atoms with E-state index in [0.717, 1.165) is 5.69 Å². The highest BCUT2D eigenvalue weighted by Crippen LogP contribution is 2.42. The van der Waals surface area contributed by atoms with Gasteiger partial charge in [-0.2, -0.15) is 0 Å². The van der Waals surface area contributed by atoms with Crippen LogP contribution in [0.2, 0.25) is 0 Å². The first-order valence-corrected chi connectivity index (χ1v) is 15.7. The van der Waals surface area contributed by atoms with Crippen LogP contribution in [0.3, 0.4) is 0 Å². The zero-order valence-electron chi connectivity index (χ0n) is 25.3. The third kappa shape index (κ3) is 4.55. The Morgan fingerprint density at radius 3 is 1.64 bits per heavy atom. The summed E-state index contributed by atoms with van der Waals surface area (Å²) in [5, 5.41) is 15.2. The Labute approximate surface area is 252 Å². The first-order valence-electron chi connectivity index (χ1n) is 14.8. The van der Waals surface area contributed by atoms with Gasteiger partial charge in [-0.05, 0) is 90.2 Å². The van der Waals surface area contributed by atoms with Crippen molar-refractivity contribution >= 4 is 65.1 Å². The molecule has 208 valence electrons. The zero-order valence-corrected chi connectivity index (χ0v) is 26.1. The van der Waals surface area contributed by atoms with Crippen LogP contribution in [0.25, 0.3) is 53.5 Å². The Morgan fingerprint density at radius 1 is 0.476 bits per heavy atom. The molecule has 0 saturated carbocycles. The van der Waals surface area contributed by atoms with Gasteiger partial charge in [-0.1, -0.05) is 114 Å². The van der Waals surface area contributed by atoms with Crippen molar-refractivity contribution in [3.05, 3.63) is 120 Å². The van der Waals surface area contributed by atoms with Crippen LogP contribution in [-0.4, -0.2) is 0 Å². The Morgan fingerprint density at radius 2 is 1.02 bits per heavy atom. The van der Waals surface area contributed by atoms with Crippen molar-refractivity contribution in [1.82, 2.24) is 0 Å². The van der Waals surface area contributed by atoms with Crippen LogP contribution in [0.5, 0.6) is 0 Å². The molecular formula is C40H37NS. The number of anilines is 2. The summed E-state index contributed by atoms with van der Waals surface area (Å²) in [5.74, 6) is 0. The topological polar surface area (TPSA) is 12.0 Å². The number of hydrogen-bond acceptors (Lipinski definition) is 2. The van der Waals surface area contributed by atoms with E-state index in [1.54, 1.807) is 11.3 Å². The molecule has 42 heavy (non-hydrogen) atoms. The van der Waals surface area contributed by atoms with Gasteiger partial charge in [0.25, 0.3) is 0 Å². The Balaban J connectivity index is 1.44. The number of nitrogens with one attached hydrogen (secondary N) is 1. The van der Waals surface area contributed by atoms with Gasteiger partial charge in [0.2, 0.25) is 0 Å². The van der Waals surface area contributed by atoms with Crippen molar-refractivity contribution in [2.45, 2.75) is 52.4 Å². The van der Waals surface area contributed by atoms with Gasteiger partial charge in [0, 0.05) is 26.7 Å². The third-order valence-electron chi connectivity index (χ3n) is 8.65. The maximum atomic E-state index is 3.88. The van der Waals surface area contributed by atoms with E-state index in [4.69, 9.17) is 0 Å². The Bertz CT molecular complexity index is 2100. The average molecular weight is 564 g/mol. The minimum atomic E-state index is 0.0454. The highest BCUT2D eigenvalue weighted by Gasteiger charge is 2.19. The van der Waals surface area contributed by atoms with E-state index < -0.39 is 0 Å². The van der Waals surface area contributed by atoms with Crippen molar-refractivity contribution in [2.75, 3.05) is 5.32 Å². The minimum absolute atomic E-state index is 0.0454. The van der Waals surface area contributed by atoms with Gasteiger partial charge in [-0.15, -0.1) is 11.3 Å². The summed E-state index contributed by atoms with van der Waals surface area (Å²) in [7, 11) is 0. The molecule has 0 atom stereocenters. The molecular weight excluding hydrogens is 527 g/mol. The van der Waals surface area contributed by atoms with E-state index in [2.05, 4.69) is 155 Å². The molecule has 7 aromatic rings. The molecule has 0 saturated heterocycles. The van der Waals surface area contributed by atoms with Crippen LogP contribution in [0, 0.1) is 0 Å². The molecule has 1 nitrogen and oxygen atoms in total. The lowest BCUT2D eigenvalue weighted by Crippen LogP contribution is -2.11. The summed E-state index contributed by atoms with van der Waals surface area (Å²) in [4.78, 5) is 0. The van der Waals surface area contributed by atoms with Crippen molar-refractivity contribution in [3.8, 4) is 11.1 Å². The SMILES string of the molecule is CC(C)(C)c1ccc(Nc2csc3ccc(C(C)(C)C)cc23)c(-c2ccc3c4ccccc4c4ccccc4c3c2)c1. The molecule has 1 aromatic heterocycles. The fraction of sp³-hybridized carbons (Fsp3) is 0.200. The van der Waals surface area contributed by atoms with Gasteiger partial charge in [-0.25, -0.2) is 0 Å². The van der Waals surface area contributed by atoms with E-state index in [9.17, 15) is 0 Å². The molecule has 7 rings (SSSR count). The number of thiophene rings is 1. The number of benzene rings is 6. The summed E-state index contributed by atoms with van der Waals surface area (Å²) in [6, 6.07) is 38.5. The quantitative estimate of drug-likeness (QED) is 0.211. The van der Waals surface area contributed by atoms with Crippen molar-refractivity contribution in [1.29, 1.82) is 0 Å². The van der Waals surface area contributed by atoms with Crippen LogP contribution in [0.15, 0.2) is 109 Å². The van der Waals surface area contributed by atoms with Crippen LogP contribution >= 0.6 is 11.3 Å². The largest absolute Gasteiger partial charge is 0.354 e. The van der Waals surface area contributed by atoms with Gasteiger partial charge in [0.15, 0.2) is 0 Å². The highest BCUT2D eigenvalue weighted by atomic mass is 32.1. The summed E-state index contributed by atoms with van der Waals surface area (Å²) >= 11 is 1.80. The van der Waals surface area contributed by atoms with Crippen molar-refractivity contribution in [3.63, 3.8) is 0 Å². The van der Waals surface area contributed by atoms with Gasteiger partial charge in [0.1, 0.15) is 0 Å². The summed E-state index contributed by atoms with van der Waals surface area (Å²) in [6.07, 6.45) is 0. The van der Waals surface area contributed by atoms with Crippen LogP contribution in [0.4, 0.5) is 11.4 Å².